The summed E-state index contributed by atoms with van der Waals surface area (Å²) < 4.78 is 0. The van der Waals surface area contributed by atoms with Crippen molar-refractivity contribution in [2.45, 2.75) is 27.7 Å². The van der Waals surface area contributed by atoms with Gasteiger partial charge in [0.15, 0.2) is 0 Å². The van der Waals surface area contributed by atoms with Crippen LogP contribution >= 0.6 is 0 Å². The van der Waals surface area contributed by atoms with Gasteiger partial charge in [-0.25, -0.2) is 0 Å². The van der Waals surface area contributed by atoms with Gasteiger partial charge in [0.25, 0.3) is 0 Å². The second kappa shape index (κ2) is 13.5. The maximum absolute atomic E-state index is 2.37. The smallest absolute Gasteiger partial charge is 0.0540 e. The number of anilines is 6. The molecular weight excluding hydrogens is 581 g/mol. The van der Waals surface area contributed by atoms with E-state index in [1.54, 1.807) is 0 Å². The summed E-state index contributed by atoms with van der Waals surface area (Å²) in [6, 6.07) is 61.6. The quantitative estimate of drug-likeness (QED) is 0.167. The van der Waals surface area contributed by atoms with Gasteiger partial charge in [0, 0.05) is 34.0 Å². The summed E-state index contributed by atoms with van der Waals surface area (Å²) in [6.45, 7) is 8.53. The maximum atomic E-state index is 2.37. The fourth-order valence-corrected chi connectivity index (χ4v) is 6.21. The molecule has 0 aromatic heterocycles. The summed E-state index contributed by atoms with van der Waals surface area (Å²) in [4.78, 5) is 4.69. The van der Waals surface area contributed by atoms with Crippen molar-refractivity contribution >= 4 is 34.1 Å². The van der Waals surface area contributed by atoms with Crippen molar-refractivity contribution in [2.75, 3.05) is 9.80 Å². The van der Waals surface area contributed by atoms with Crippen LogP contribution in [0.3, 0.4) is 0 Å². The van der Waals surface area contributed by atoms with E-state index in [1.165, 1.54) is 44.5 Å². The van der Waals surface area contributed by atoms with E-state index in [2.05, 4.69) is 207 Å². The molecular formula is C46H40N2. The first-order chi connectivity index (χ1) is 23.4. The van der Waals surface area contributed by atoms with Crippen LogP contribution in [0.1, 0.15) is 22.3 Å². The Balaban J connectivity index is 1.32. The lowest BCUT2D eigenvalue weighted by Crippen LogP contribution is -2.11. The molecule has 0 fully saturated rings. The highest BCUT2D eigenvalue weighted by Gasteiger charge is 2.19. The molecule has 0 N–H and O–H groups in total. The van der Waals surface area contributed by atoms with Crippen LogP contribution in [-0.4, -0.2) is 0 Å². The van der Waals surface area contributed by atoms with E-state index in [0.29, 0.717) is 0 Å². The van der Waals surface area contributed by atoms with E-state index in [9.17, 15) is 0 Å². The predicted octanol–water partition coefficient (Wildman–Crippen LogP) is 13.2. The molecule has 2 nitrogen and oxygen atoms in total. The summed E-state index contributed by atoms with van der Waals surface area (Å²) >= 11 is 0. The molecule has 2 heteroatoms. The average Bonchev–Trinajstić information content (AvgIpc) is 3.12. The van der Waals surface area contributed by atoms with Gasteiger partial charge in [-0.1, -0.05) is 119 Å². The Labute approximate surface area is 285 Å². The molecule has 7 aromatic rings. The Morgan fingerprint density at radius 2 is 0.646 bits per heavy atom. The molecule has 0 aliphatic carbocycles. The van der Waals surface area contributed by atoms with Crippen LogP contribution in [0.15, 0.2) is 170 Å². The molecule has 48 heavy (non-hydrogen) atoms. The number of nitrogens with zero attached hydrogens (tertiary/aromatic N) is 2. The van der Waals surface area contributed by atoms with Crippen LogP contribution < -0.4 is 9.80 Å². The van der Waals surface area contributed by atoms with Gasteiger partial charge in [0.05, 0.1) is 5.69 Å². The van der Waals surface area contributed by atoms with Crippen molar-refractivity contribution < 1.29 is 0 Å². The van der Waals surface area contributed by atoms with Crippen molar-refractivity contribution in [3.8, 4) is 22.3 Å². The third kappa shape index (κ3) is 6.52. The maximum Gasteiger partial charge on any atom is 0.0540 e. The number of hydrogen-bond donors (Lipinski definition) is 0. The second-order valence-corrected chi connectivity index (χ2v) is 12.7. The molecule has 0 amide bonds. The highest BCUT2D eigenvalue weighted by molar-refractivity contribution is 5.91. The van der Waals surface area contributed by atoms with Gasteiger partial charge in [-0.2, -0.15) is 0 Å². The Bertz CT molecular complexity index is 2020. The van der Waals surface area contributed by atoms with E-state index in [-0.39, 0.29) is 0 Å². The molecule has 0 unspecified atom stereocenters. The topological polar surface area (TPSA) is 6.48 Å². The summed E-state index contributed by atoms with van der Waals surface area (Å²) in [5, 5.41) is 0. The number of benzene rings is 7. The minimum absolute atomic E-state index is 1.12. The van der Waals surface area contributed by atoms with Crippen molar-refractivity contribution in [1.29, 1.82) is 0 Å². The number of rotatable bonds is 8. The molecule has 0 spiro atoms. The summed E-state index contributed by atoms with van der Waals surface area (Å²) in [7, 11) is 0. The van der Waals surface area contributed by atoms with Gasteiger partial charge < -0.3 is 9.80 Å². The van der Waals surface area contributed by atoms with E-state index < -0.39 is 0 Å². The molecule has 7 aromatic carbocycles. The fourth-order valence-electron chi connectivity index (χ4n) is 6.21. The first kappa shape index (κ1) is 30.8. The standard InChI is InChI=1S/C46H40N2/c1-33-10-21-40(22-11-33)47(41-23-12-34(2)13-24-41)42-29-18-37(19-30-42)39-20-31-46(45(32-39)38-8-6-5-7-9-38)48(43-25-14-35(3)15-26-43)44-27-16-36(4)17-28-44/h5-32H,1-4H3. The molecule has 0 atom stereocenters. The van der Waals surface area contributed by atoms with Gasteiger partial charge in [-0.05, 0) is 117 Å². The summed E-state index contributed by atoms with van der Waals surface area (Å²) in [6.07, 6.45) is 0. The molecule has 0 bridgehead atoms. The van der Waals surface area contributed by atoms with Crippen LogP contribution in [-0.2, 0) is 0 Å². The number of hydrogen-bond acceptors (Lipinski definition) is 2. The molecule has 0 radical (unpaired) electrons. The monoisotopic (exact) mass is 620 g/mol. The van der Waals surface area contributed by atoms with Gasteiger partial charge in [-0.3, -0.25) is 0 Å². The highest BCUT2D eigenvalue weighted by Crippen LogP contribution is 2.43. The van der Waals surface area contributed by atoms with Gasteiger partial charge in [-0.15, -0.1) is 0 Å². The molecule has 0 saturated heterocycles. The van der Waals surface area contributed by atoms with Crippen molar-refractivity contribution in [1.82, 2.24) is 0 Å². The fraction of sp³-hybridized carbons (Fsp3) is 0.0870. The van der Waals surface area contributed by atoms with E-state index in [0.717, 1.165) is 34.1 Å². The Morgan fingerprint density at radius 1 is 0.292 bits per heavy atom. The van der Waals surface area contributed by atoms with Crippen LogP contribution in [0.2, 0.25) is 0 Å². The van der Waals surface area contributed by atoms with Gasteiger partial charge >= 0.3 is 0 Å². The minimum atomic E-state index is 1.12. The van der Waals surface area contributed by atoms with Gasteiger partial charge in [0.2, 0.25) is 0 Å². The molecule has 0 aliphatic heterocycles. The lowest BCUT2D eigenvalue weighted by atomic mass is 9.96. The molecule has 234 valence electrons. The largest absolute Gasteiger partial charge is 0.311 e. The lowest BCUT2D eigenvalue weighted by Gasteiger charge is -2.29. The average molecular weight is 621 g/mol. The first-order valence-electron chi connectivity index (χ1n) is 16.6. The zero-order chi connectivity index (χ0) is 33.0. The molecule has 7 rings (SSSR count). The van der Waals surface area contributed by atoms with Crippen molar-refractivity contribution in [3.63, 3.8) is 0 Å². The Kier molecular flexibility index (Phi) is 8.64. The summed E-state index contributed by atoms with van der Waals surface area (Å²) in [5.74, 6) is 0. The SMILES string of the molecule is Cc1ccc(N(c2ccc(C)cc2)c2ccc(-c3ccc(N(c4ccc(C)cc4)c4ccc(C)cc4)c(-c4ccccc4)c3)cc2)cc1. The molecule has 0 saturated carbocycles. The van der Waals surface area contributed by atoms with Gasteiger partial charge in [0.1, 0.15) is 0 Å². The zero-order valence-corrected chi connectivity index (χ0v) is 28.1. The first-order valence-corrected chi connectivity index (χ1v) is 16.6. The Hall–Kier alpha value is -5.86. The van der Waals surface area contributed by atoms with E-state index in [1.807, 2.05) is 0 Å². The molecule has 0 aliphatic rings. The van der Waals surface area contributed by atoms with Crippen molar-refractivity contribution in [2.24, 2.45) is 0 Å². The third-order valence-corrected chi connectivity index (χ3v) is 8.95. The van der Waals surface area contributed by atoms with Crippen LogP contribution in [0.5, 0.6) is 0 Å². The minimum Gasteiger partial charge on any atom is -0.311 e. The van der Waals surface area contributed by atoms with Crippen LogP contribution in [0, 0.1) is 27.7 Å². The third-order valence-electron chi connectivity index (χ3n) is 8.95. The van der Waals surface area contributed by atoms with E-state index >= 15 is 0 Å². The molecule has 0 heterocycles. The number of aryl methyl sites for hydroxylation is 4. The second-order valence-electron chi connectivity index (χ2n) is 12.7. The highest BCUT2D eigenvalue weighted by atomic mass is 15.1. The summed E-state index contributed by atoms with van der Waals surface area (Å²) in [5.41, 5.74) is 16.5. The van der Waals surface area contributed by atoms with Crippen molar-refractivity contribution in [3.05, 3.63) is 192 Å². The van der Waals surface area contributed by atoms with Crippen LogP contribution in [0.25, 0.3) is 22.3 Å². The zero-order valence-electron chi connectivity index (χ0n) is 28.1. The normalized spacial score (nSPS) is 10.9. The lowest BCUT2D eigenvalue weighted by molar-refractivity contribution is 1.26. The Morgan fingerprint density at radius 3 is 1.06 bits per heavy atom. The van der Waals surface area contributed by atoms with Crippen LogP contribution in [0.4, 0.5) is 34.1 Å². The predicted molar refractivity (Wildman–Crippen MR) is 206 cm³/mol. The van der Waals surface area contributed by atoms with E-state index in [4.69, 9.17) is 0 Å².